The summed E-state index contributed by atoms with van der Waals surface area (Å²) >= 11 is 0. The van der Waals surface area contributed by atoms with Gasteiger partial charge in [-0.1, -0.05) is 31.4 Å². The molecule has 8 heteroatoms. The van der Waals surface area contributed by atoms with Crippen molar-refractivity contribution < 1.29 is 32.7 Å². The van der Waals surface area contributed by atoms with Gasteiger partial charge in [0.05, 0.1) is 31.7 Å². The van der Waals surface area contributed by atoms with Crippen LogP contribution in [0.3, 0.4) is 0 Å². The van der Waals surface area contributed by atoms with Crippen LogP contribution in [-0.4, -0.2) is 38.4 Å². The predicted molar refractivity (Wildman–Crippen MR) is 111 cm³/mol. The predicted octanol–water partition coefficient (Wildman–Crippen LogP) is 3.87. The van der Waals surface area contributed by atoms with Crippen molar-refractivity contribution in [2.45, 2.75) is 33.6 Å². The molecular weight excluding hydrogens is 395 g/mol. The first-order valence-corrected chi connectivity index (χ1v) is 10.8. The number of benzene rings is 1. The van der Waals surface area contributed by atoms with Crippen LogP contribution >= 0.6 is 7.60 Å². The van der Waals surface area contributed by atoms with E-state index in [1.54, 1.807) is 26.0 Å². The number of rotatable bonds is 13. The molecule has 0 atom stereocenters. The van der Waals surface area contributed by atoms with Gasteiger partial charge in [0.1, 0.15) is 0 Å². The van der Waals surface area contributed by atoms with Crippen LogP contribution in [0.2, 0.25) is 0 Å². The molecule has 0 unspecified atom stereocenters. The van der Waals surface area contributed by atoms with E-state index in [0.29, 0.717) is 29.3 Å². The van der Waals surface area contributed by atoms with E-state index in [9.17, 15) is 14.2 Å². The Morgan fingerprint density at radius 2 is 1.31 bits per heavy atom. The summed E-state index contributed by atoms with van der Waals surface area (Å²) in [6, 6.07) is 7.10. The lowest BCUT2D eigenvalue weighted by atomic mass is 10.2. The molecule has 0 fully saturated rings. The molecule has 0 aliphatic rings. The smallest absolute Gasteiger partial charge is 0.361 e. The summed E-state index contributed by atoms with van der Waals surface area (Å²) in [5.41, 5.74) is 1.40. The second-order valence-electron chi connectivity index (χ2n) is 6.49. The van der Waals surface area contributed by atoms with Gasteiger partial charge in [0.2, 0.25) is 0 Å². The van der Waals surface area contributed by atoms with E-state index >= 15 is 0 Å². The van der Waals surface area contributed by atoms with Gasteiger partial charge in [-0.3, -0.25) is 4.57 Å². The van der Waals surface area contributed by atoms with Crippen molar-refractivity contribution in [3.8, 4) is 0 Å². The third-order valence-electron chi connectivity index (χ3n) is 3.67. The molecule has 7 nitrogen and oxygen atoms in total. The molecule has 0 saturated heterocycles. The molecule has 1 aromatic rings. The van der Waals surface area contributed by atoms with Gasteiger partial charge in [0.15, 0.2) is 0 Å². The fourth-order valence-electron chi connectivity index (χ4n) is 2.11. The van der Waals surface area contributed by atoms with Gasteiger partial charge in [-0.05, 0) is 32.4 Å². The monoisotopic (exact) mass is 424 g/mol. The van der Waals surface area contributed by atoms with Gasteiger partial charge in [-0.2, -0.15) is 0 Å². The van der Waals surface area contributed by atoms with Gasteiger partial charge in [0.25, 0.3) is 0 Å². The molecule has 29 heavy (non-hydrogen) atoms. The summed E-state index contributed by atoms with van der Waals surface area (Å²) in [5, 5.41) is 0.470. The standard InChI is InChI=1S/C21H29O7P/c1-16(2)20(22)25-12-8-14-27-29(24,19-11-7-6-10-18(19)5)28-15-9-13-26-21(23)17(3)4/h6-7,10-11H,1,3,8-9,12-15H2,2,4-5H3. The average molecular weight is 424 g/mol. The highest BCUT2D eigenvalue weighted by Crippen LogP contribution is 2.48. The normalized spacial score (nSPS) is 11.0. The first-order valence-electron chi connectivity index (χ1n) is 9.28. The fourth-order valence-corrected chi connectivity index (χ4v) is 3.98. The number of ether oxygens (including phenoxy) is 2. The topological polar surface area (TPSA) is 88.1 Å². The Morgan fingerprint density at radius 3 is 1.72 bits per heavy atom. The van der Waals surface area contributed by atoms with Crippen molar-refractivity contribution in [1.29, 1.82) is 0 Å². The Labute approximate surface area is 172 Å². The van der Waals surface area contributed by atoms with Crippen molar-refractivity contribution in [1.82, 2.24) is 0 Å². The van der Waals surface area contributed by atoms with Crippen molar-refractivity contribution in [3.05, 3.63) is 54.1 Å². The van der Waals surface area contributed by atoms with Crippen LogP contribution in [0.25, 0.3) is 0 Å². The molecule has 0 bridgehead atoms. The Kier molecular flexibility index (Phi) is 10.6. The Morgan fingerprint density at radius 1 is 0.862 bits per heavy atom. The van der Waals surface area contributed by atoms with Crippen LogP contribution in [0.15, 0.2) is 48.6 Å². The van der Waals surface area contributed by atoms with Crippen LogP contribution in [0.5, 0.6) is 0 Å². The maximum Gasteiger partial charge on any atom is 0.361 e. The highest BCUT2D eigenvalue weighted by atomic mass is 31.2. The van der Waals surface area contributed by atoms with Crippen LogP contribution in [-0.2, 0) is 32.7 Å². The van der Waals surface area contributed by atoms with Gasteiger partial charge >= 0.3 is 19.5 Å². The van der Waals surface area contributed by atoms with Crippen molar-refractivity contribution in [2.24, 2.45) is 0 Å². The van der Waals surface area contributed by atoms with E-state index in [0.717, 1.165) is 5.56 Å². The third-order valence-corrected chi connectivity index (χ3v) is 5.81. The van der Waals surface area contributed by atoms with Crippen molar-refractivity contribution >= 4 is 24.8 Å². The largest absolute Gasteiger partial charge is 0.462 e. The van der Waals surface area contributed by atoms with E-state index in [4.69, 9.17) is 18.5 Å². The van der Waals surface area contributed by atoms with E-state index in [-0.39, 0.29) is 26.4 Å². The minimum Gasteiger partial charge on any atom is -0.462 e. The van der Waals surface area contributed by atoms with Gasteiger partial charge in [0, 0.05) is 24.0 Å². The maximum absolute atomic E-state index is 13.4. The van der Waals surface area contributed by atoms with E-state index in [1.807, 2.05) is 19.1 Å². The van der Waals surface area contributed by atoms with E-state index in [1.165, 1.54) is 0 Å². The fraction of sp³-hybridized carbons (Fsp3) is 0.429. The highest BCUT2D eigenvalue weighted by Gasteiger charge is 2.29. The Bertz CT molecular complexity index is 745. The van der Waals surface area contributed by atoms with E-state index in [2.05, 4.69) is 13.2 Å². The molecule has 0 aliphatic carbocycles. The summed E-state index contributed by atoms with van der Waals surface area (Å²) in [4.78, 5) is 22.8. The number of esters is 2. The molecule has 1 rings (SSSR count). The van der Waals surface area contributed by atoms with Crippen LogP contribution in [0.1, 0.15) is 32.3 Å². The molecule has 0 heterocycles. The molecule has 0 aliphatic heterocycles. The molecular formula is C21H29O7P. The second-order valence-corrected chi connectivity index (χ2v) is 8.48. The summed E-state index contributed by atoms with van der Waals surface area (Å²) in [5.74, 6) is -0.958. The molecule has 0 N–H and O–H groups in total. The average Bonchev–Trinajstić information content (AvgIpc) is 2.67. The van der Waals surface area contributed by atoms with Crippen molar-refractivity contribution in [3.63, 3.8) is 0 Å². The summed E-state index contributed by atoms with van der Waals surface area (Å²) in [6.07, 6.45) is 0.711. The van der Waals surface area contributed by atoms with Crippen molar-refractivity contribution in [2.75, 3.05) is 26.4 Å². The highest BCUT2D eigenvalue weighted by molar-refractivity contribution is 7.62. The van der Waals surface area contributed by atoms with Crippen LogP contribution in [0, 0.1) is 6.92 Å². The first-order chi connectivity index (χ1) is 13.7. The third kappa shape index (κ3) is 8.77. The number of carbonyl (C=O) groups is 2. The molecule has 0 radical (unpaired) electrons. The lowest BCUT2D eigenvalue weighted by Crippen LogP contribution is -2.16. The second kappa shape index (κ2) is 12.4. The van der Waals surface area contributed by atoms with Crippen LogP contribution < -0.4 is 5.30 Å². The van der Waals surface area contributed by atoms with Gasteiger partial charge in [-0.25, -0.2) is 9.59 Å². The SMILES string of the molecule is C=C(C)C(=O)OCCCOP(=O)(OCCCOC(=O)C(=C)C)c1ccccc1C. The number of aryl methyl sites for hydroxylation is 1. The number of hydrogen-bond acceptors (Lipinski definition) is 7. The van der Waals surface area contributed by atoms with Crippen LogP contribution in [0.4, 0.5) is 0 Å². The molecule has 0 spiro atoms. The Balaban J connectivity index is 2.61. The van der Waals surface area contributed by atoms with Gasteiger partial charge < -0.3 is 18.5 Å². The molecule has 160 valence electrons. The summed E-state index contributed by atoms with van der Waals surface area (Å²) < 4.78 is 34.6. The van der Waals surface area contributed by atoms with E-state index < -0.39 is 19.5 Å². The quantitative estimate of drug-likeness (QED) is 0.206. The minimum absolute atomic E-state index is 0.0831. The molecule has 0 amide bonds. The Hall–Kier alpha value is -2.21. The maximum atomic E-state index is 13.4. The zero-order chi connectivity index (χ0) is 21.9. The number of hydrogen-bond donors (Lipinski definition) is 0. The summed E-state index contributed by atoms with van der Waals surface area (Å²) in [6.45, 7) is 12.4. The summed E-state index contributed by atoms with van der Waals surface area (Å²) in [7, 11) is -3.59. The zero-order valence-corrected chi connectivity index (χ0v) is 18.2. The molecule has 0 aromatic heterocycles. The first kappa shape index (κ1) is 24.8. The molecule has 0 saturated carbocycles. The minimum atomic E-state index is -3.59. The zero-order valence-electron chi connectivity index (χ0n) is 17.3. The molecule has 1 aromatic carbocycles. The van der Waals surface area contributed by atoms with Gasteiger partial charge in [-0.15, -0.1) is 0 Å². The lowest BCUT2D eigenvalue weighted by Gasteiger charge is -2.20. The number of carbonyl (C=O) groups excluding carboxylic acids is 2. The lowest BCUT2D eigenvalue weighted by molar-refractivity contribution is -0.140.